The topological polar surface area (TPSA) is 32.5 Å². The minimum Gasteiger partial charge on any atom is -0.324 e. The fourth-order valence-corrected chi connectivity index (χ4v) is 3.95. The Bertz CT molecular complexity index is 459. The molecule has 2 saturated heterocycles. The van der Waals surface area contributed by atoms with E-state index >= 15 is 0 Å². The number of halogens is 1. The minimum atomic E-state index is 0.0459. The molecule has 2 N–H and O–H groups in total. The summed E-state index contributed by atoms with van der Waals surface area (Å²) in [7, 11) is 0. The second-order valence-corrected chi connectivity index (χ2v) is 6.81. The van der Waals surface area contributed by atoms with E-state index in [1.807, 2.05) is 24.3 Å². The van der Waals surface area contributed by atoms with Crippen molar-refractivity contribution in [3.8, 4) is 0 Å². The Morgan fingerprint density at radius 2 is 1.95 bits per heavy atom. The van der Waals surface area contributed by atoms with E-state index < -0.39 is 0 Å². The molecule has 0 aromatic heterocycles. The third-order valence-electron chi connectivity index (χ3n) is 4.97. The summed E-state index contributed by atoms with van der Waals surface area (Å²) in [4.78, 5) is 5.24. The Hall–Kier alpha value is -0.610. The number of nitrogens with two attached hydrogens (primary N) is 1. The van der Waals surface area contributed by atoms with Gasteiger partial charge in [0.2, 0.25) is 0 Å². The maximum atomic E-state index is 6.31. The molecule has 0 bridgehead atoms. The lowest BCUT2D eigenvalue weighted by molar-refractivity contribution is 0.230. The summed E-state index contributed by atoms with van der Waals surface area (Å²) in [6.45, 7) is 6.12. The molecule has 2 aliphatic rings. The van der Waals surface area contributed by atoms with Crippen LogP contribution in [0.25, 0.3) is 0 Å². The van der Waals surface area contributed by atoms with Gasteiger partial charge in [-0.2, -0.15) is 0 Å². The van der Waals surface area contributed by atoms with Gasteiger partial charge in [-0.1, -0.05) is 29.8 Å². The summed E-state index contributed by atoms with van der Waals surface area (Å²) in [6, 6.07) is 8.77. The number of nitrogens with zero attached hydrogens (tertiary/aromatic N) is 2. The molecule has 2 aliphatic heterocycles. The first kappa shape index (κ1) is 15.3. The number of benzene rings is 1. The fraction of sp³-hybridized carbons (Fsp3) is 0.647. The van der Waals surface area contributed by atoms with Gasteiger partial charge in [-0.15, -0.1) is 0 Å². The van der Waals surface area contributed by atoms with Crippen molar-refractivity contribution in [2.75, 3.05) is 32.7 Å². The van der Waals surface area contributed by atoms with Crippen molar-refractivity contribution >= 4 is 11.6 Å². The van der Waals surface area contributed by atoms with Crippen molar-refractivity contribution in [1.82, 2.24) is 9.80 Å². The third kappa shape index (κ3) is 3.78. The number of hydrogen-bond donors (Lipinski definition) is 1. The lowest BCUT2D eigenvalue weighted by atomic mass is 10.0. The number of rotatable bonds is 5. The molecule has 0 spiro atoms. The first-order chi connectivity index (χ1) is 10.2. The molecule has 0 saturated carbocycles. The molecular weight excluding hydrogens is 282 g/mol. The highest BCUT2D eigenvalue weighted by atomic mass is 35.5. The van der Waals surface area contributed by atoms with Crippen LogP contribution in [0, 0.1) is 0 Å². The fourth-order valence-electron chi connectivity index (χ4n) is 3.67. The lowest BCUT2D eigenvalue weighted by Gasteiger charge is -2.24. The maximum Gasteiger partial charge on any atom is 0.0453 e. The Kier molecular flexibility index (Phi) is 5.17. The summed E-state index contributed by atoms with van der Waals surface area (Å²) >= 11 is 6.22. The second-order valence-electron chi connectivity index (χ2n) is 6.40. The van der Waals surface area contributed by atoms with Crippen molar-refractivity contribution in [3.05, 3.63) is 34.9 Å². The van der Waals surface area contributed by atoms with Gasteiger partial charge in [0.15, 0.2) is 0 Å². The van der Waals surface area contributed by atoms with E-state index in [-0.39, 0.29) is 6.04 Å². The molecule has 2 atom stereocenters. The molecule has 1 aromatic carbocycles. The zero-order valence-corrected chi connectivity index (χ0v) is 13.4. The van der Waals surface area contributed by atoms with Crippen LogP contribution in [-0.2, 0) is 0 Å². The molecule has 2 heterocycles. The Balaban J connectivity index is 1.46. The van der Waals surface area contributed by atoms with E-state index in [9.17, 15) is 0 Å². The van der Waals surface area contributed by atoms with Crippen molar-refractivity contribution in [1.29, 1.82) is 0 Å². The first-order valence-corrected chi connectivity index (χ1v) is 8.58. The van der Waals surface area contributed by atoms with E-state index in [2.05, 4.69) is 9.80 Å². The van der Waals surface area contributed by atoms with Crippen molar-refractivity contribution in [2.24, 2.45) is 5.73 Å². The predicted octanol–water partition coefficient (Wildman–Crippen LogP) is 2.90. The highest BCUT2D eigenvalue weighted by Crippen LogP contribution is 2.25. The third-order valence-corrected chi connectivity index (χ3v) is 5.31. The highest BCUT2D eigenvalue weighted by Gasteiger charge is 2.29. The van der Waals surface area contributed by atoms with Crippen molar-refractivity contribution in [3.63, 3.8) is 0 Å². The van der Waals surface area contributed by atoms with Gasteiger partial charge in [-0.05, 0) is 56.9 Å². The number of likely N-dealkylation sites (tertiary alicyclic amines) is 2. The summed E-state index contributed by atoms with van der Waals surface area (Å²) in [6.07, 6.45) is 5.07. The maximum absolute atomic E-state index is 6.31. The zero-order chi connectivity index (χ0) is 14.7. The van der Waals surface area contributed by atoms with Gasteiger partial charge in [0.05, 0.1) is 0 Å². The van der Waals surface area contributed by atoms with Crippen LogP contribution in [-0.4, -0.2) is 48.6 Å². The number of hydrogen-bond acceptors (Lipinski definition) is 3. The van der Waals surface area contributed by atoms with Crippen molar-refractivity contribution in [2.45, 2.75) is 37.8 Å². The average Bonchev–Trinajstić information content (AvgIpc) is 3.16. The molecular formula is C17H26ClN3. The van der Waals surface area contributed by atoms with Crippen LogP contribution in [0.3, 0.4) is 0 Å². The van der Waals surface area contributed by atoms with Gasteiger partial charge in [0.1, 0.15) is 0 Å². The molecule has 21 heavy (non-hydrogen) atoms. The van der Waals surface area contributed by atoms with Crippen LogP contribution in [0.4, 0.5) is 0 Å². The van der Waals surface area contributed by atoms with E-state index in [0.29, 0.717) is 0 Å². The second kappa shape index (κ2) is 7.10. The summed E-state index contributed by atoms with van der Waals surface area (Å²) < 4.78 is 0. The van der Waals surface area contributed by atoms with Crippen LogP contribution >= 0.6 is 11.6 Å². The average molecular weight is 308 g/mol. The molecule has 0 aliphatic carbocycles. The lowest BCUT2D eigenvalue weighted by Crippen LogP contribution is -2.35. The van der Waals surface area contributed by atoms with Gasteiger partial charge >= 0.3 is 0 Å². The van der Waals surface area contributed by atoms with Gasteiger partial charge in [0.25, 0.3) is 0 Å². The van der Waals surface area contributed by atoms with Gasteiger partial charge in [-0.3, -0.25) is 4.90 Å². The predicted molar refractivity (Wildman–Crippen MR) is 88.6 cm³/mol. The Labute approximate surface area is 133 Å². The molecule has 1 aromatic rings. The van der Waals surface area contributed by atoms with E-state index in [1.54, 1.807) is 0 Å². The quantitative estimate of drug-likeness (QED) is 0.908. The summed E-state index contributed by atoms with van der Waals surface area (Å²) in [5, 5.41) is 0.793. The highest BCUT2D eigenvalue weighted by molar-refractivity contribution is 6.31. The standard InChI is InChI=1S/C17H26ClN3/c18-16-6-2-1-5-15(16)17(19)8-12-20-11-7-14(13-20)21-9-3-4-10-21/h1-2,5-6,14,17H,3-4,7-13,19H2. The van der Waals surface area contributed by atoms with E-state index in [4.69, 9.17) is 17.3 Å². The molecule has 3 nitrogen and oxygen atoms in total. The molecule has 116 valence electrons. The van der Waals surface area contributed by atoms with Crippen LogP contribution < -0.4 is 5.73 Å². The summed E-state index contributed by atoms with van der Waals surface area (Å²) in [5.74, 6) is 0. The monoisotopic (exact) mass is 307 g/mol. The van der Waals surface area contributed by atoms with Crippen LogP contribution in [0.1, 0.15) is 37.3 Å². The van der Waals surface area contributed by atoms with E-state index in [1.165, 1.54) is 45.4 Å². The normalized spacial score (nSPS) is 25.5. The Morgan fingerprint density at radius 1 is 1.19 bits per heavy atom. The van der Waals surface area contributed by atoms with Gasteiger partial charge in [-0.25, -0.2) is 0 Å². The van der Waals surface area contributed by atoms with Gasteiger partial charge < -0.3 is 10.6 Å². The minimum absolute atomic E-state index is 0.0459. The molecule has 0 radical (unpaired) electrons. The van der Waals surface area contributed by atoms with Crippen molar-refractivity contribution < 1.29 is 0 Å². The molecule has 4 heteroatoms. The van der Waals surface area contributed by atoms with Gasteiger partial charge in [0, 0.05) is 30.2 Å². The first-order valence-electron chi connectivity index (χ1n) is 8.20. The van der Waals surface area contributed by atoms with Crippen LogP contribution in [0.15, 0.2) is 24.3 Å². The molecule has 2 unspecified atom stereocenters. The molecule has 3 rings (SSSR count). The largest absolute Gasteiger partial charge is 0.324 e. The zero-order valence-electron chi connectivity index (χ0n) is 12.7. The molecule has 0 amide bonds. The SMILES string of the molecule is NC(CCN1CCC(N2CCCC2)C1)c1ccccc1Cl. The van der Waals surface area contributed by atoms with Crippen LogP contribution in [0.5, 0.6) is 0 Å². The van der Waals surface area contributed by atoms with E-state index in [0.717, 1.165) is 29.6 Å². The smallest absolute Gasteiger partial charge is 0.0453 e. The summed E-state index contributed by atoms with van der Waals surface area (Å²) in [5.41, 5.74) is 7.39. The van der Waals surface area contributed by atoms with Crippen LogP contribution in [0.2, 0.25) is 5.02 Å². The Morgan fingerprint density at radius 3 is 2.71 bits per heavy atom. The molecule has 2 fully saturated rings.